The van der Waals surface area contributed by atoms with Crippen LogP contribution >= 0.6 is 0 Å². The number of nitrogens with one attached hydrogen (secondary N) is 2. The summed E-state index contributed by atoms with van der Waals surface area (Å²) in [5.74, 6) is 0. The van der Waals surface area contributed by atoms with Crippen LogP contribution in [0.3, 0.4) is 0 Å². The Bertz CT molecular complexity index is 567. The van der Waals surface area contributed by atoms with Crippen LogP contribution in [0.25, 0.3) is 10.8 Å². The van der Waals surface area contributed by atoms with Crippen LogP contribution in [-0.2, 0) is 0 Å². The Balaban J connectivity index is 2.17. The molecule has 0 spiro atoms. The minimum atomic E-state index is 0.0156. The van der Waals surface area contributed by atoms with Crippen LogP contribution in [0.5, 0.6) is 0 Å². The summed E-state index contributed by atoms with van der Waals surface area (Å²) in [6.07, 6.45) is 2.29. The summed E-state index contributed by atoms with van der Waals surface area (Å²) in [6.45, 7) is 1.04. The van der Waals surface area contributed by atoms with Gasteiger partial charge in [-0.15, -0.1) is 0 Å². The molecule has 1 aliphatic heterocycles. The second-order valence-electron chi connectivity index (χ2n) is 4.29. The topological polar surface area (TPSA) is 44.9 Å². The minimum absolute atomic E-state index is 0.0156. The standard InChI is InChI=1S/C13H14N2O/c16-13-10-5-2-1-4-9(10)8-12(15-13)11-6-3-7-14-11/h1-2,4-5,8,11,14H,3,6-7H2,(H,15,16). The summed E-state index contributed by atoms with van der Waals surface area (Å²) < 4.78 is 0. The first-order valence-electron chi connectivity index (χ1n) is 5.70. The van der Waals surface area contributed by atoms with Gasteiger partial charge >= 0.3 is 0 Å². The van der Waals surface area contributed by atoms with Crippen molar-refractivity contribution < 1.29 is 0 Å². The van der Waals surface area contributed by atoms with Crippen molar-refractivity contribution in [3.63, 3.8) is 0 Å². The molecule has 2 aromatic rings. The smallest absolute Gasteiger partial charge is 0.256 e. The van der Waals surface area contributed by atoms with E-state index in [1.54, 1.807) is 0 Å². The van der Waals surface area contributed by atoms with Gasteiger partial charge in [0.25, 0.3) is 5.56 Å². The van der Waals surface area contributed by atoms with Gasteiger partial charge in [-0.05, 0) is 36.9 Å². The summed E-state index contributed by atoms with van der Waals surface area (Å²) in [5, 5.41) is 5.19. The second kappa shape index (κ2) is 3.76. The van der Waals surface area contributed by atoms with E-state index in [9.17, 15) is 4.79 Å². The third kappa shape index (κ3) is 1.53. The van der Waals surface area contributed by atoms with Crippen molar-refractivity contribution in [1.82, 2.24) is 10.3 Å². The molecule has 1 aromatic heterocycles. The Labute approximate surface area is 93.5 Å². The third-order valence-electron chi connectivity index (χ3n) is 3.21. The zero-order valence-electron chi connectivity index (χ0n) is 8.99. The Hall–Kier alpha value is -1.61. The van der Waals surface area contributed by atoms with Crippen LogP contribution in [0.15, 0.2) is 35.1 Å². The van der Waals surface area contributed by atoms with E-state index >= 15 is 0 Å². The molecule has 0 saturated carbocycles. The van der Waals surface area contributed by atoms with E-state index < -0.39 is 0 Å². The van der Waals surface area contributed by atoms with Crippen molar-refractivity contribution >= 4 is 10.8 Å². The predicted octanol–water partition coefficient (Wildman–Crippen LogP) is 1.95. The molecular weight excluding hydrogens is 200 g/mol. The largest absolute Gasteiger partial charge is 0.324 e. The molecule has 1 saturated heterocycles. The average Bonchev–Trinajstić information content (AvgIpc) is 2.82. The fourth-order valence-electron chi connectivity index (χ4n) is 2.37. The summed E-state index contributed by atoms with van der Waals surface area (Å²) in [5.41, 5.74) is 1.03. The predicted molar refractivity (Wildman–Crippen MR) is 64.5 cm³/mol. The summed E-state index contributed by atoms with van der Waals surface area (Å²) in [7, 11) is 0. The van der Waals surface area contributed by atoms with Gasteiger partial charge in [-0.3, -0.25) is 4.79 Å². The normalized spacial score (nSPS) is 20.4. The molecule has 2 heterocycles. The number of fused-ring (bicyclic) bond motifs is 1. The van der Waals surface area contributed by atoms with Crippen LogP contribution in [-0.4, -0.2) is 11.5 Å². The lowest BCUT2D eigenvalue weighted by molar-refractivity contribution is 0.627. The molecule has 2 N–H and O–H groups in total. The van der Waals surface area contributed by atoms with Crippen molar-refractivity contribution in [2.45, 2.75) is 18.9 Å². The molecule has 0 aliphatic carbocycles. The molecule has 16 heavy (non-hydrogen) atoms. The lowest BCUT2D eigenvalue weighted by Gasteiger charge is -2.10. The number of aromatic amines is 1. The summed E-state index contributed by atoms with van der Waals surface area (Å²) >= 11 is 0. The monoisotopic (exact) mass is 214 g/mol. The maximum absolute atomic E-state index is 11.9. The van der Waals surface area contributed by atoms with Crippen molar-refractivity contribution in [2.75, 3.05) is 6.54 Å². The van der Waals surface area contributed by atoms with E-state index in [0.717, 1.165) is 29.4 Å². The van der Waals surface area contributed by atoms with E-state index in [4.69, 9.17) is 0 Å². The first-order valence-corrected chi connectivity index (χ1v) is 5.70. The SMILES string of the molecule is O=c1[nH]c(C2CCCN2)cc2ccccc12. The zero-order valence-corrected chi connectivity index (χ0v) is 8.99. The molecule has 1 aromatic carbocycles. The quantitative estimate of drug-likeness (QED) is 0.762. The van der Waals surface area contributed by atoms with Gasteiger partial charge in [0.1, 0.15) is 0 Å². The first-order chi connectivity index (χ1) is 7.84. The highest BCUT2D eigenvalue weighted by Gasteiger charge is 2.17. The highest BCUT2D eigenvalue weighted by atomic mass is 16.1. The van der Waals surface area contributed by atoms with Gasteiger partial charge in [0.2, 0.25) is 0 Å². The van der Waals surface area contributed by atoms with E-state index in [2.05, 4.69) is 16.4 Å². The molecule has 1 atom stereocenters. The average molecular weight is 214 g/mol. The van der Waals surface area contributed by atoms with Gasteiger partial charge in [0.15, 0.2) is 0 Å². The Kier molecular flexibility index (Phi) is 2.26. The molecule has 1 unspecified atom stereocenters. The number of aromatic nitrogens is 1. The Morgan fingerprint density at radius 1 is 1.25 bits per heavy atom. The van der Waals surface area contributed by atoms with E-state index in [-0.39, 0.29) is 5.56 Å². The van der Waals surface area contributed by atoms with Gasteiger partial charge < -0.3 is 10.3 Å². The lowest BCUT2D eigenvalue weighted by atomic mass is 10.1. The number of hydrogen-bond donors (Lipinski definition) is 2. The fourth-order valence-corrected chi connectivity index (χ4v) is 2.37. The van der Waals surface area contributed by atoms with Crippen LogP contribution in [0.4, 0.5) is 0 Å². The molecule has 3 heteroatoms. The minimum Gasteiger partial charge on any atom is -0.324 e. The number of H-pyrrole nitrogens is 1. The van der Waals surface area contributed by atoms with E-state index in [1.165, 1.54) is 6.42 Å². The second-order valence-corrected chi connectivity index (χ2v) is 4.29. The van der Waals surface area contributed by atoms with Crippen molar-refractivity contribution in [3.05, 3.63) is 46.4 Å². The molecule has 1 fully saturated rings. The molecule has 3 nitrogen and oxygen atoms in total. The van der Waals surface area contributed by atoms with E-state index in [0.29, 0.717) is 6.04 Å². The van der Waals surface area contributed by atoms with Crippen LogP contribution in [0.1, 0.15) is 24.6 Å². The van der Waals surface area contributed by atoms with Gasteiger partial charge in [-0.1, -0.05) is 18.2 Å². The van der Waals surface area contributed by atoms with Crippen LogP contribution < -0.4 is 10.9 Å². The maximum Gasteiger partial charge on any atom is 0.256 e. The number of pyridine rings is 1. The molecule has 3 rings (SSSR count). The molecule has 0 bridgehead atoms. The molecule has 0 radical (unpaired) electrons. The molecular formula is C13H14N2O. The molecule has 1 aliphatic rings. The van der Waals surface area contributed by atoms with E-state index in [1.807, 2.05) is 24.3 Å². The summed E-state index contributed by atoms with van der Waals surface area (Å²) in [4.78, 5) is 14.8. The van der Waals surface area contributed by atoms with Gasteiger partial charge in [-0.25, -0.2) is 0 Å². The molecule has 0 amide bonds. The number of rotatable bonds is 1. The van der Waals surface area contributed by atoms with Crippen LogP contribution in [0.2, 0.25) is 0 Å². The fraction of sp³-hybridized carbons (Fsp3) is 0.308. The Morgan fingerprint density at radius 3 is 2.94 bits per heavy atom. The van der Waals surface area contributed by atoms with Gasteiger partial charge in [-0.2, -0.15) is 0 Å². The molecule has 82 valence electrons. The summed E-state index contributed by atoms with van der Waals surface area (Å²) in [6, 6.07) is 10.1. The highest BCUT2D eigenvalue weighted by molar-refractivity contribution is 5.81. The lowest BCUT2D eigenvalue weighted by Crippen LogP contribution is -2.18. The van der Waals surface area contributed by atoms with Gasteiger partial charge in [0.05, 0.1) is 0 Å². The number of hydrogen-bond acceptors (Lipinski definition) is 2. The number of benzene rings is 1. The van der Waals surface area contributed by atoms with Crippen molar-refractivity contribution in [1.29, 1.82) is 0 Å². The zero-order chi connectivity index (χ0) is 11.0. The first kappa shape index (κ1) is 9.60. The Morgan fingerprint density at radius 2 is 2.12 bits per heavy atom. The van der Waals surface area contributed by atoms with Crippen molar-refractivity contribution in [2.24, 2.45) is 0 Å². The maximum atomic E-state index is 11.9. The van der Waals surface area contributed by atoms with Crippen molar-refractivity contribution in [3.8, 4) is 0 Å². The third-order valence-corrected chi connectivity index (χ3v) is 3.21. The highest BCUT2D eigenvalue weighted by Crippen LogP contribution is 2.22. The van der Waals surface area contributed by atoms with Gasteiger partial charge in [0, 0.05) is 17.1 Å². The van der Waals surface area contributed by atoms with Crippen LogP contribution in [0, 0.1) is 0 Å².